The van der Waals surface area contributed by atoms with Crippen LogP contribution >= 0.6 is 8.20 Å². The molecule has 2 fully saturated rings. The summed E-state index contributed by atoms with van der Waals surface area (Å²) in [5, 5.41) is 3.47. The summed E-state index contributed by atoms with van der Waals surface area (Å²) >= 11 is 0. The zero-order valence-corrected chi connectivity index (χ0v) is 16.4. The van der Waals surface area contributed by atoms with Crippen molar-refractivity contribution in [2.45, 2.75) is 26.2 Å². The molecule has 0 aromatic heterocycles. The van der Waals surface area contributed by atoms with Gasteiger partial charge in [0.2, 0.25) is 0 Å². The van der Waals surface area contributed by atoms with Crippen molar-refractivity contribution in [3.05, 3.63) is 47.5 Å². The third-order valence-corrected chi connectivity index (χ3v) is 6.91. The Hall–Kier alpha value is -1.37. The third kappa shape index (κ3) is 3.00. The second-order valence-corrected chi connectivity index (χ2v) is 8.53. The van der Waals surface area contributed by atoms with Crippen molar-refractivity contribution in [3.8, 4) is 0 Å². The molecule has 1 saturated carbocycles. The molecule has 1 aromatic rings. The van der Waals surface area contributed by atoms with Gasteiger partial charge >= 0.3 is 0 Å². The summed E-state index contributed by atoms with van der Waals surface area (Å²) in [4.78, 5) is 2.43. The van der Waals surface area contributed by atoms with Gasteiger partial charge in [-0.1, -0.05) is 30.6 Å². The fourth-order valence-corrected chi connectivity index (χ4v) is 5.29. The van der Waals surface area contributed by atoms with Crippen molar-refractivity contribution in [1.82, 2.24) is 10.2 Å². The number of nitrogens with zero attached hydrogens (tertiary/aromatic N) is 1. The fraction of sp³-hybridized carbons (Fsp3) is 0.500. The van der Waals surface area contributed by atoms with E-state index >= 15 is 0 Å². The Morgan fingerprint density at radius 3 is 2.96 bits per heavy atom. The van der Waals surface area contributed by atoms with Gasteiger partial charge in [-0.25, -0.2) is 0 Å². The van der Waals surface area contributed by atoms with Gasteiger partial charge < -0.3 is 10.2 Å². The Labute approximate surface area is 153 Å². The molecule has 1 heterocycles. The zero-order valence-electron chi connectivity index (χ0n) is 15.5. The lowest BCUT2D eigenvalue weighted by Gasteiger charge is -2.37. The van der Waals surface area contributed by atoms with Crippen molar-refractivity contribution in [2.24, 2.45) is 11.3 Å². The normalized spacial score (nSPS) is 28.6. The Bertz CT molecular complexity index is 740. The first-order chi connectivity index (χ1) is 12.2. The number of aryl methyl sites for hydroxylation is 1. The van der Waals surface area contributed by atoms with Crippen LogP contribution in [0.15, 0.2) is 30.9 Å². The van der Waals surface area contributed by atoms with Crippen LogP contribution in [-0.2, 0) is 0 Å². The number of rotatable bonds is 4. The quantitative estimate of drug-likeness (QED) is 0.807. The highest BCUT2D eigenvalue weighted by molar-refractivity contribution is 7.37. The van der Waals surface area contributed by atoms with E-state index in [1.807, 2.05) is 0 Å². The molecule has 2 unspecified atom stereocenters. The Morgan fingerprint density at radius 2 is 2.24 bits per heavy atom. The summed E-state index contributed by atoms with van der Waals surface area (Å²) in [6.07, 6.45) is 6.42. The average molecular weight is 352 g/mol. The number of hydrogen-bond donors (Lipinski definition) is 1. The van der Waals surface area contributed by atoms with Crippen molar-refractivity contribution in [3.63, 3.8) is 0 Å². The molecular formula is C22H29N2P. The minimum absolute atomic E-state index is 0.419. The van der Waals surface area contributed by atoms with Crippen LogP contribution in [0.5, 0.6) is 0 Å². The minimum Gasteiger partial charge on any atom is -0.370 e. The molecule has 0 radical (unpaired) electrons. The van der Waals surface area contributed by atoms with Gasteiger partial charge in [-0.3, -0.25) is 0 Å². The van der Waals surface area contributed by atoms with Gasteiger partial charge in [-0.05, 0) is 73.6 Å². The number of benzene rings is 1. The van der Waals surface area contributed by atoms with Gasteiger partial charge in [-0.15, -0.1) is 8.20 Å². The molecular weight excluding hydrogens is 323 g/mol. The molecule has 1 saturated heterocycles. The standard InChI is InChI=1S/C22H29N2P/c1-16-13-18(17(2)24-11-4-9-23-10-12-24)5-6-20(16)21-14-22(21)8-7-19(22)15-25-3/h5-6,13-15,19,23H,2,4,7-12H2,1,3H3. The summed E-state index contributed by atoms with van der Waals surface area (Å²) in [6.45, 7) is 13.2. The zero-order chi connectivity index (χ0) is 17.4. The molecule has 1 spiro atoms. The van der Waals surface area contributed by atoms with E-state index < -0.39 is 0 Å². The number of nitrogens with one attached hydrogen (secondary N) is 1. The minimum atomic E-state index is 0.419. The molecule has 0 bridgehead atoms. The summed E-state index contributed by atoms with van der Waals surface area (Å²) in [7, 11) is 1.42. The molecule has 132 valence electrons. The molecule has 0 amide bonds. The van der Waals surface area contributed by atoms with E-state index in [1.165, 1.54) is 49.9 Å². The van der Waals surface area contributed by atoms with E-state index in [0.29, 0.717) is 5.41 Å². The Morgan fingerprint density at radius 1 is 1.36 bits per heavy atom. The summed E-state index contributed by atoms with van der Waals surface area (Å²) < 4.78 is 0. The molecule has 2 aliphatic carbocycles. The molecule has 1 aromatic carbocycles. The predicted octanol–water partition coefficient (Wildman–Crippen LogP) is 4.43. The van der Waals surface area contributed by atoms with Crippen LogP contribution in [0.1, 0.15) is 36.0 Å². The Balaban J connectivity index is 1.50. The van der Waals surface area contributed by atoms with Gasteiger partial charge in [0, 0.05) is 30.7 Å². The van der Waals surface area contributed by atoms with E-state index in [-0.39, 0.29) is 0 Å². The van der Waals surface area contributed by atoms with Crippen LogP contribution < -0.4 is 5.32 Å². The first kappa shape index (κ1) is 17.1. The molecule has 3 heteroatoms. The van der Waals surface area contributed by atoms with Crippen LogP contribution in [0.4, 0.5) is 0 Å². The van der Waals surface area contributed by atoms with Gasteiger partial charge in [0.1, 0.15) is 0 Å². The van der Waals surface area contributed by atoms with E-state index in [2.05, 4.69) is 60.5 Å². The van der Waals surface area contributed by atoms with Crippen molar-refractivity contribution in [2.75, 3.05) is 32.8 Å². The maximum Gasteiger partial charge on any atom is 0.0367 e. The first-order valence-corrected chi connectivity index (χ1v) is 11.0. The van der Waals surface area contributed by atoms with Crippen molar-refractivity contribution < 1.29 is 0 Å². The lowest BCUT2D eigenvalue weighted by molar-refractivity contribution is 0.269. The van der Waals surface area contributed by atoms with Crippen LogP contribution in [0, 0.1) is 18.3 Å². The van der Waals surface area contributed by atoms with Crippen molar-refractivity contribution in [1.29, 1.82) is 0 Å². The van der Waals surface area contributed by atoms with Crippen molar-refractivity contribution >= 4 is 25.3 Å². The second-order valence-electron chi connectivity index (χ2n) is 7.72. The summed E-state index contributed by atoms with van der Waals surface area (Å²) in [5.41, 5.74) is 7.33. The number of allylic oxidation sites excluding steroid dienone is 2. The van der Waals surface area contributed by atoms with Crippen LogP contribution in [0.3, 0.4) is 0 Å². The summed E-state index contributed by atoms with van der Waals surface area (Å²) in [6, 6.07) is 6.97. The highest BCUT2D eigenvalue weighted by Gasteiger charge is 2.55. The lowest BCUT2D eigenvalue weighted by atomic mass is 9.67. The van der Waals surface area contributed by atoms with Gasteiger partial charge in [0.25, 0.3) is 0 Å². The van der Waals surface area contributed by atoms with Crippen LogP contribution in [0.25, 0.3) is 11.3 Å². The lowest BCUT2D eigenvalue weighted by Crippen LogP contribution is -2.31. The maximum absolute atomic E-state index is 4.39. The predicted molar refractivity (Wildman–Crippen MR) is 111 cm³/mol. The van der Waals surface area contributed by atoms with Crippen LogP contribution in [-0.4, -0.2) is 43.5 Å². The van der Waals surface area contributed by atoms with E-state index in [9.17, 15) is 0 Å². The molecule has 2 nitrogen and oxygen atoms in total. The monoisotopic (exact) mass is 352 g/mol. The highest BCUT2D eigenvalue weighted by Crippen LogP contribution is 2.66. The van der Waals surface area contributed by atoms with E-state index in [1.54, 1.807) is 5.57 Å². The summed E-state index contributed by atoms with van der Waals surface area (Å²) in [5.74, 6) is 3.26. The van der Waals surface area contributed by atoms with Crippen LogP contribution in [0.2, 0.25) is 0 Å². The molecule has 3 aliphatic rings. The third-order valence-electron chi connectivity index (χ3n) is 6.25. The molecule has 1 N–H and O–H groups in total. The number of hydrogen-bond acceptors (Lipinski definition) is 2. The maximum atomic E-state index is 4.39. The molecule has 1 aliphatic heterocycles. The van der Waals surface area contributed by atoms with Gasteiger partial charge in [0.15, 0.2) is 0 Å². The van der Waals surface area contributed by atoms with E-state index in [4.69, 9.17) is 0 Å². The molecule has 4 rings (SSSR count). The molecule has 2 atom stereocenters. The van der Waals surface area contributed by atoms with Gasteiger partial charge in [-0.2, -0.15) is 0 Å². The van der Waals surface area contributed by atoms with Gasteiger partial charge in [0.05, 0.1) is 0 Å². The molecule has 25 heavy (non-hydrogen) atoms. The fourth-order valence-electron chi connectivity index (χ4n) is 4.52. The largest absolute Gasteiger partial charge is 0.370 e. The first-order valence-electron chi connectivity index (χ1n) is 9.57. The highest BCUT2D eigenvalue weighted by atomic mass is 31.1. The smallest absolute Gasteiger partial charge is 0.0367 e. The second kappa shape index (κ2) is 6.74. The average Bonchev–Trinajstić information content (AvgIpc) is 3.39. The van der Waals surface area contributed by atoms with E-state index in [0.717, 1.165) is 32.1 Å². The topological polar surface area (TPSA) is 15.3 Å². The Kier molecular flexibility index (Phi) is 4.60. The SMILES string of the molecule is C=C(c1ccc(C2=CC23CCC3C=PC)c(C)c1)N1CCCNCC1.